The molecule has 0 radical (unpaired) electrons. The second kappa shape index (κ2) is 5.02. The van der Waals surface area contributed by atoms with Gasteiger partial charge in [0, 0.05) is 18.6 Å². The van der Waals surface area contributed by atoms with Crippen molar-refractivity contribution >= 4 is 17.6 Å². The van der Waals surface area contributed by atoms with Crippen molar-refractivity contribution in [1.29, 1.82) is 0 Å². The predicted molar refractivity (Wildman–Crippen MR) is 46.7 cm³/mol. The minimum Gasteiger partial charge on any atom is -0.333 e. The highest BCUT2D eigenvalue weighted by atomic mass is 35.5. The Kier molecular flexibility index (Phi) is 4.70. The highest BCUT2D eigenvalue weighted by Crippen LogP contribution is 1.93. The third kappa shape index (κ3) is 4.67. The second-order valence-corrected chi connectivity index (χ2v) is 2.72. The first-order valence-corrected chi connectivity index (χ1v) is 3.78. The maximum Gasteiger partial charge on any atom is 0.317 e. The van der Waals surface area contributed by atoms with Crippen molar-refractivity contribution < 1.29 is 4.79 Å². The highest BCUT2D eigenvalue weighted by molar-refractivity contribution is 6.29. The summed E-state index contributed by atoms with van der Waals surface area (Å²) in [7, 11) is 1.71. The molecule has 0 aliphatic heterocycles. The first-order chi connectivity index (χ1) is 5.07. The van der Waals surface area contributed by atoms with Crippen LogP contribution < -0.4 is 5.32 Å². The van der Waals surface area contributed by atoms with E-state index >= 15 is 0 Å². The molecule has 0 bridgehead atoms. The largest absolute Gasteiger partial charge is 0.333 e. The molecule has 0 fully saturated rings. The zero-order chi connectivity index (χ0) is 8.85. The SMILES string of the molecule is C=C(Cl)CNC(=O)N(C)CC. The molecule has 0 unspecified atom stereocenters. The second-order valence-electron chi connectivity index (χ2n) is 2.19. The van der Waals surface area contributed by atoms with Crippen molar-refractivity contribution in [3.05, 3.63) is 11.6 Å². The van der Waals surface area contributed by atoms with E-state index in [1.165, 1.54) is 0 Å². The van der Waals surface area contributed by atoms with Crippen LogP contribution in [0, 0.1) is 0 Å². The van der Waals surface area contributed by atoms with Gasteiger partial charge in [-0.2, -0.15) is 0 Å². The van der Waals surface area contributed by atoms with Crippen molar-refractivity contribution in [1.82, 2.24) is 10.2 Å². The number of nitrogens with one attached hydrogen (secondary N) is 1. The Morgan fingerprint density at radius 3 is 2.64 bits per heavy atom. The number of hydrogen-bond donors (Lipinski definition) is 1. The topological polar surface area (TPSA) is 32.3 Å². The smallest absolute Gasteiger partial charge is 0.317 e. The summed E-state index contributed by atoms with van der Waals surface area (Å²) in [4.78, 5) is 12.5. The van der Waals surface area contributed by atoms with Crippen LogP contribution in [0.3, 0.4) is 0 Å². The average molecular weight is 177 g/mol. The number of amides is 2. The van der Waals surface area contributed by atoms with E-state index in [0.717, 1.165) is 0 Å². The van der Waals surface area contributed by atoms with Gasteiger partial charge in [0.25, 0.3) is 0 Å². The molecule has 2 amide bonds. The summed E-state index contributed by atoms with van der Waals surface area (Å²) < 4.78 is 0. The van der Waals surface area contributed by atoms with Gasteiger partial charge in [-0.1, -0.05) is 18.2 Å². The monoisotopic (exact) mass is 176 g/mol. The summed E-state index contributed by atoms with van der Waals surface area (Å²) in [5.41, 5.74) is 0. The van der Waals surface area contributed by atoms with E-state index in [1.807, 2.05) is 6.92 Å². The van der Waals surface area contributed by atoms with Crippen LogP contribution in [0.15, 0.2) is 11.6 Å². The molecule has 4 heteroatoms. The molecule has 0 spiro atoms. The molecule has 3 nitrogen and oxygen atoms in total. The van der Waals surface area contributed by atoms with E-state index in [9.17, 15) is 4.79 Å². The van der Waals surface area contributed by atoms with Gasteiger partial charge in [0.2, 0.25) is 0 Å². The first kappa shape index (κ1) is 10.3. The van der Waals surface area contributed by atoms with Gasteiger partial charge in [-0.15, -0.1) is 0 Å². The maximum atomic E-state index is 11.0. The van der Waals surface area contributed by atoms with E-state index in [2.05, 4.69) is 11.9 Å². The summed E-state index contributed by atoms with van der Waals surface area (Å²) >= 11 is 5.44. The fourth-order valence-electron chi connectivity index (χ4n) is 0.450. The number of nitrogens with zero attached hydrogens (tertiary/aromatic N) is 1. The third-order valence-corrected chi connectivity index (χ3v) is 1.39. The van der Waals surface area contributed by atoms with E-state index < -0.39 is 0 Å². The number of urea groups is 1. The van der Waals surface area contributed by atoms with Gasteiger partial charge < -0.3 is 10.2 Å². The van der Waals surface area contributed by atoms with Crippen LogP contribution in [0.25, 0.3) is 0 Å². The van der Waals surface area contributed by atoms with Crippen molar-refractivity contribution in [2.24, 2.45) is 0 Å². The minimum atomic E-state index is -0.130. The van der Waals surface area contributed by atoms with Crippen LogP contribution in [0.2, 0.25) is 0 Å². The fraction of sp³-hybridized carbons (Fsp3) is 0.571. The van der Waals surface area contributed by atoms with Crippen molar-refractivity contribution in [2.75, 3.05) is 20.1 Å². The normalized spacial score (nSPS) is 9.00. The van der Waals surface area contributed by atoms with Gasteiger partial charge in [0.05, 0.1) is 6.54 Å². The van der Waals surface area contributed by atoms with Gasteiger partial charge in [0.15, 0.2) is 0 Å². The van der Waals surface area contributed by atoms with E-state index in [0.29, 0.717) is 18.1 Å². The Bertz CT molecular complexity index is 159. The summed E-state index contributed by atoms with van der Waals surface area (Å²) in [6.07, 6.45) is 0. The van der Waals surface area contributed by atoms with Crippen molar-refractivity contribution in [3.8, 4) is 0 Å². The third-order valence-electron chi connectivity index (χ3n) is 1.25. The number of hydrogen-bond acceptors (Lipinski definition) is 1. The molecular weight excluding hydrogens is 164 g/mol. The standard InChI is InChI=1S/C7H13ClN2O/c1-4-10(3)7(11)9-5-6(2)8/h2,4-5H2,1,3H3,(H,9,11). The molecule has 0 aliphatic rings. The van der Waals surface area contributed by atoms with Gasteiger partial charge in [-0.05, 0) is 6.92 Å². The fourth-order valence-corrected chi connectivity index (χ4v) is 0.517. The number of rotatable bonds is 3. The van der Waals surface area contributed by atoms with E-state index in [1.54, 1.807) is 11.9 Å². The molecule has 0 aliphatic carbocycles. The molecule has 0 aromatic carbocycles. The van der Waals surface area contributed by atoms with Gasteiger partial charge in [-0.3, -0.25) is 0 Å². The summed E-state index contributed by atoms with van der Waals surface area (Å²) in [5.74, 6) is 0. The summed E-state index contributed by atoms with van der Waals surface area (Å²) in [5, 5.41) is 3.02. The average Bonchev–Trinajstić information content (AvgIpc) is 1.98. The molecule has 0 saturated carbocycles. The lowest BCUT2D eigenvalue weighted by atomic mass is 10.6. The Balaban J connectivity index is 3.60. The Labute approximate surface area is 72.0 Å². The van der Waals surface area contributed by atoms with Crippen LogP contribution in [-0.4, -0.2) is 31.1 Å². The summed E-state index contributed by atoms with van der Waals surface area (Å²) in [6.45, 7) is 6.35. The Morgan fingerprint density at radius 1 is 1.73 bits per heavy atom. The van der Waals surface area contributed by atoms with E-state index in [4.69, 9.17) is 11.6 Å². The lowest BCUT2D eigenvalue weighted by Gasteiger charge is -2.14. The number of carbonyl (C=O) groups excluding carboxylic acids is 1. The van der Waals surface area contributed by atoms with E-state index in [-0.39, 0.29) is 6.03 Å². The Morgan fingerprint density at radius 2 is 2.27 bits per heavy atom. The number of carbonyl (C=O) groups is 1. The lowest BCUT2D eigenvalue weighted by molar-refractivity contribution is 0.212. The molecule has 64 valence electrons. The van der Waals surface area contributed by atoms with Gasteiger partial charge in [-0.25, -0.2) is 4.79 Å². The van der Waals surface area contributed by atoms with Gasteiger partial charge >= 0.3 is 6.03 Å². The van der Waals surface area contributed by atoms with Gasteiger partial charge in [0.1, 0.15) is 0 Å². The number of halogens is 1. The molecule has 0 heterocycles. The Hall–Kier alpha value is -0.700. The van der Waals surface area contributed by atoms with Crippen molar-refractivity contribution in [2.45, 2.75) is 6.92 Å². The van der Waals surface area contributed by atoms with Crippen LogP contribution >= 0.6 is 11.6 Å². The van der Waals surface area contributed by atoms with Crippen LogP contribution in [0.5, 0.6) is 0 Å². The molecule has 0 saturated heterocycles. The minimum absolute atomic E-state index is 0.130. The summed E-state index contributed by atoms with van der Waals surface area (Å²) in [6, 6.07) is -0.130. The molecule has 0 aromatic rings. The van der Waals surface area contributed by atoms with Crippen LogP contribution in [-0.2, 0) is 0 Å². The molecule has 11 heavy (non-hydrogen) atoms. The van der Waals surface area contributed by atoms with Crippen LogP contribution in [0.1, 0.15) is 6.92 Å². The maximum absolute atomic E-state index is 11.0. The molecule has 0 atom stereocenters. The molecular formula is C7H13ClN2O. The quantitative estimate of drug-likeness (QED) is 0.693. The molecule has 0 rings (SSSR count). The zero-order valence-electron chi connectivity index (χ0n) is 6.85. The molecule has 0 aromatic heterocycles. The zero-order valence-corrected chi connectivity index (χ0v) is 7.61. The predicted octanol–water partition coefficient (Wildman–Crippen LogP) is 1.40. The molecule has 1 N–H and O–H groups in total. The van der Waals surface area contributed by atoms with Crippen LogP contribution in [0.4, 0.5) is 4.79 Å². The highest BCUT2D eigenvalue weighted by Gasteiger charge is 2.03. The lowest BCUT2D eigenvalue weighted by Crippen LogP contribution is -2.37. The van der Waals surface area contributed by atoms with Crippen molar-refractivity contribution in [3.63, 3.8) is 0 Å². The first-order valence-electron chi connectivity index (χ1n) is 3.40.